The summed E-state index contributed by atoms with van der Waals surface area (Å²) in [5.74, 6) is 2.43. The predicted molar refractivity (Wildman–Crippen MR) is 88.4 cm³/mol. The number of pyridine rings is 1. The van der Waals surface area contributed by atoms with E-state index in [0.29, 0.717) is 5.82 Å². The van der Waals surface area contributed by atoms with Gasteiger partial charge < -0.3 is 14.3 Å². The van der Waals surface area contributed by atoms with Gasteiger partial charge in [-0.25, -0.2) is 4.98 Å². The van der Waals surface area contributed by atoms with Gasteiger partial charge in [0.15, 0.2) is 0 Å². The van der Waals surface area contributed by atoms with Crippen LogP contribution in [-0.4, -0.2) is 53.3 Å². The van der Waals surface area contributed by atoms with Crippen molar-refractivity contribution in [1.82, 2.24) is 20.0 Å². The summed E-state index contributed by atoms with van der Waals surface area (Å²) in [6.07, 6.45) is 5.30. The highest BCUT2D eigenvalue weighted by Crippen LogP contribution is 2.46. The fourth-order valence-corrected chi connectivity index (χ4v) is 2.97. The van der Waals surface area contributed by atoms with E-state index < -0.39 is 0 Å². The lowest BCUT2D eigenvalue weighted by Crippen LogP contribution is -2.29. The van der Waals surface area contributed by atoms with Gasteiger partial charge in [0.05, 0.1) is 0 Å². The van der Waals surface area contributed by atoms with Crippen molar-refractivity contribution in [3.8, 4) is 11.4 Å². The van der Waals surface area contributed by atoms with Crippen molar-refractivity contribution in [2.75, 3.05) is 38.1 Å². The molecule has 0 atom stereocenters. The van der Waals surface area contributed by atoms with Crippen molar-refractivity contribution in [2.24, 2.45) is 0 Å². The second kappa shape index (κ2) is 5.60. The maximum absolute atomic E-state index is 5.42. The van der Waals surface area contributed by atoms with Gasteiger partial charge in [0, 0.05) is 36.8 Å². The lowest BCUT2D eigenvalue weighted by molar-refractivity contribution is 0.353. The molecule has 122 valence electrons. The second-order valence-corrected chi connectivity index (χ2v) is 7.03. The Kier molecular flexibility index (Phi) is 3.56. The van der Waals surface area contributed by atoms with Gasteiger partial charge in [-0.2, -0.15) is 4.98 Å². The molecule has 0 N–H and O–H groups in total. The summed E-state index contributed by atoms with van der Waals surface area (Å²) in [4.78, 5) is 13.9. The molecule has 0 aromatic carbocycles. The van der Waals surface area contributed by atoms with Crippen LogP contribution in [0.25, 0.3) is 11.4 Å². The quantitative estimate of drug-likeness (QED) is 0.867. The molecule has 4 rings (SSSR count). The van der Waals surface area contributed by atoms with Crippen LogP contribution in [-0.2, 0) is 5.41 Å². The highest BCUT2D eigenvalue weighted by Gasteiger charge is 2.44. The van der Waals surface area contributed by atoms with Crippen LogP contribution in [0.3, 0.4) is 0 Å². The highest BCUT2D eigenvalue weighted by atomic mass is 16.5. The van der Waals surface area contributed by atoms with Crippen LogP contribution in [0.5, 0.6) is 0 Å². The second-order valence-electron chi connectivity index (χ2n) is 7.03. The van der Waals surface area contributed by atoms with Gasteiger partial charge in [0.2, 0.25) is 11.7 Å². The Morgan fingerprint density at radius 3 is 2.74 bits per heavy atom. The van der Waals surface area contributed by atoms with E-state index in [1.54, 1.807) is 0 Å². The smallest absolute Gasteiger partial charge is 0.232 e. The maximum Gasteiger partial charge on any atom is 0.232 e. The average Bonchev–Trinajstić information content (AvgIpc) is 3.18. The van der Waals surface area contributed by atoms with Crippen LogP contribution in [0.2, 0.25) is 0 Å². The Morgan fingerprint density at radius 1 is 1.13 bits per heavy atom. The van der Waals surface area contributed by atoms with E-state index in [2.05, 4.69) is 45.0 Å². The molecular weight excluding hydrogens is 290 g/mol. The molecule has 2 aromatic rings. The molecule has 0 amide bonds. The topological polar surface area (TPSA) is 58.3 Å². The van der Waals surface area contributed by atoms with E-state index in [9.17, 15) is 0 Å². The van der Waals surface area contributed by atoms with Crippen LogP contribution < -0.4 is 4.90 Å². The molecule has 1 saturated heterocycles. The van der Waals surface area contributed by atoms with E-state index in [1.165, 1.54) is 6.42 Å². The van der Waals surface area contributed by atoms with Gasteiger partial charge in [-0.1, -0.05) is 12.1 Å². The summed E-state index contributed by atoms with van der Waals surface area (Å²) in [5, 5.41) is 4.11. The monoisotopic (exact) mass is 313 g/mol. The normalized spacial score (nSPS) is 21.2. The molecule has 1 aliphatic carbocycles. The van der Waals surface area contributed by atoms with E-state index in [1.807, 2.05) is 12.3 Å². The largest absolute Gasteiger partial charge is 0.355 e. The van der Waals surface area contributed by atoms with Crippen LogP contribution in [0, 0.1) is 0 Å². The van der Waals surface area contributed by atoms with Crippen LogP contribution >= 0.6 is 0 Å². The SMILES string of the molecule is CN1CCCN(c2ccc(-c3noc(C4(C)CC4)n3)cn2)CC1. The van der Waals surface area contributed by atoms with Crippen molar-refractivity contribution in [1.29, 1.82) is 0 Å². The molecule has 3 heterocycles. The third-order valence-corrected chi connectivity index (χ3v) is 4.99. The number of likely N-dealkylation sites (N-methyl/N-ethyl adjacent to an activating group) is 1. The van der Waals surface area contributed by atoms with Gasteiger partial charge in [-0.05, 0) is 45.0 Å². The standard InChI is InChI=1S/C17H23N5O/c1-17(6-7-17)16-19-15(20-23-16)13-4-5-14(18-12-13)22-9-3-8-21(2)10-11-22/h4-5,12H,3,6-11H2,1-2H3. The van der Waals surface area contributed by atoms with Gasteiger partial charge >= 0.3 is 0 Å². The number of anilines is 1. The summed E-state index contributed by atoms with van der Waals surface area (Å²) < 4.78 is 5.42. The van der Waals surface area contributed by atoms with Gasteiger partial charge in [0.25, 0.3) is 0 Å². The number of hydrogen-bond donors (Lipinski definition) is 0. The molecule has 0 radical (unpaired) electrons. The van der Waals surface area contributed by atoms with E-state index >= 15 is 0 Å². The Labute approximate surface area is 136 Å². The Hall–Kier alpha value is -1.95. The fourth-order valence-electron chi connectivity index (χ4n) is 2.97. The molecule has 6 heteroatoms. The Balaban J connectivity index is 1.50. The number of aromatic nitrogens is 3. The van der Waals surface area contributed by atoms with Crippen LogP contribution in [0.15, 0.2) is 22.9 Å². The third kappa shape index (κ3) is 2.95. The van der Waals surface area contributed by atoms with Gasteiger partial charge in [-0.3, -0.25) is 0 Å². The summed E-state index contributed by atoms with van der Waals surface area (Å²) in [6.45, 7) is 6.48. The summed E-state index contributed by atoms with van der Waals surface area (Å²) in [7, 11) is 2.17. The van der Waals surface area contributed by atoms with Crippen LogP contribution in [0.4, 0.5) is 5.82 Å². The average molecular weight is 313 g/mol. The van der Waals surface area contributed by atoms with Crippen molar-refractivity contribution < 1.29 is 4.52 Å². The fraction of sp³-hybridized carbons (Fsp3) is 0.588. The third-order valence-electron chi connectivity index (χ3n) is 4.99. The predicted octanol–water partition coefficient (Wildman–Crippen LogP) is 2.33. The molecule has 2 aromatic heterocycles. The lowest BCUT2D eigenvalue weighted by atomic mass is 10.1. The number of hydrogen-bond acceptors (Lipinski definition) is 6. The first-order chi connectivity index (χ1) is 11.1. The Morgan fingerprint density at radius 2 is 2.00 bits per heavy atom. The van der Waals surface area contributed by atoms with Crippen molar-refractivity contribution in [2.45, 2.75) is 31.6 Å². The van der Waals surface area contributed by atoms with Crippen molar-refractivity contribution >= 4 is 5.82 Å². The van der Waals surface area contributed by atoms with E-state index in [-0.39, 0.29) is 5.41 Å². The zero-order valence-electron chi connectivity index (χ0n) is 13.8. The summed E-state index contributed by atoms with van der Waals surface area (Å²) >= 11 is 0. The lowest BCUT2D eigenvalue weighted by Gasteiger charge is -2.21. The van der Waals surface area contributed by atoms with E-state index in [0.717, 1.165) is 56.3 Å². The first-order valence-electron chi connectivity index (χ1n) is 8.38. The molecule has 23 heavy (non-hydrogen) atoms. The number of rotatable bonds is 3. The minimum Gasteiger partial charge on any atom is -0.355 e. The zero-order valence-corrected chi connectivity index (χ0v) is 13.8. The van der Waals surface area contributed by atoms with E-state index in [4.69, 9.17) is 4.52 Å². The zero-order chi connectivity index (χ0) is 15.9. The van der Waals surface area contributed by atoms with Crippen molar-refractivity contribution in [3.63, 3.8) is 0 Å². The summed E-state index contributed by atoms with van der Waals surface area (Å²) in [5.41, 5.74) is 1.02. The molecule has 0 unspecified atom stereocenters. The summed E-state index contributed by atoms with van der Waals surface area (Å²) in [6, 6.07) is 4.11. The Bertz CT molecular complexity index is 677. The molecule has 1 saturated carbocycles. The highest BCUT2D eigenvalue weighted by molar-refractivity contribution is 5.56. The number of nitrogens with zero attached hydrogens (tertiary/aromatic N) is 5. The first-order valence-corrected chi connectivity index (χ1v) is 8.38. The maximum atomic E-state index is 5.42. The van der Waals surface area contributed by atoms with Crippen LogP contribution in [0.1, 0.15) is 32.1 Å². The molecule has 0 spiro atoms. The molecule has 2 fully saturated rings. The minimum atomic E-state index is 0.108. The molecular formula is C17H23N5O. The molecule has 2 aliphatic rings. The first kappa shape index (κ1) is 14.6. The molecule has 0 bridgehead atoms. The van der Waals surface area contributed by atoms with Gasteiger partial charge in [-0.15, -0.1) is 0 Å². The van der Waals surface area contributed by atoms with Crippen molar-refractivity contribution in [3.05, 3.63) is 24.2 Å². The molecule has 6 nitrogen and oxygen atoms in total. The van der Waals surface area contributed by atoms with Gasteiger partial charge in [0.1, 0.15) is 5.82 Å². The molecule has 1 aliphatic heterocycles. The minimum absolute atomic E-state index is 0.108.